The number of hydrogen-bond donors (Lipinski definition) is 1. The molecule has 0 unspecified atom stereocenters. The van der Waals surface area contributed by atoms with Crippen LogP contribution >= 0.6 is 11.6 Å². The predicted molar refractivity (Wildman–Crippen MR) is 83.6 cm³/mol. The average molecular weight is 320 g/mol. The Balaban J connectivity index is 1.96. The van der Waals surface area contributed by atoms with E-state index in [0.717, 1.165) is 11.1 Å². The fourth-order valence-electron chi connectivity index (χ4n) is 2.65. The van der Waals surface area contributed by atoms with Crippen molar-refractivity contribution in [3.8, 4) is 16.9 Å². The lowest BCUT2D eigenvalue weighted by atomic mass is 10.00. The normalized spacial score (nSPS) is 16.0. The van der Waals surface area contributed by atoms with Crippen LogP contribution in [0.2, 0.25) is 5.02 Å². The van der Waals surface area contributed by atoms with E-state index in [1.165, 1.54) is 19.1 Å². The van der Waals surface area contributed by atoms with Crippen molar-refractivity contribution in [2.45, 2.75) is 19.4 Å². The van der Waals surface area contributed by atoms with Crippen molar-refractivity contribution in [3.05, 3.63) is 52.8 Å². The summed E-state index contributed by atoms with van der Waals surface area (Å²) < 4.78 is 19.8. The van der Waals surface area contributed by atoms with Crippen LogP contribution in [0.3, 0.4) is 0 Å². The van der Waals surface area contributed by atoms with Gasteiger partial charge in [-0.1, -0.05) is 29.8 Å². The van der Waals surface area contributed by atoms with Gasteiger partial charge in [0.05, 0.1) is 6.54 Å². The first-order valence-corrected chi connectivity index (χ1v) is 7.41. The second-order valence-corrected chi connectivity index (χ2v) is 5.71. The topological polar surface area (TPSA) is 38.3 Å². The number of ether oxygens (including phenoxy) is 1. The van der Waals surface area contributed by atoms with Crippen molar-refractivity contribution < 1.29 is 13.9 Å². The molecule has 0 spiro atoms. The Morgan fingerprint density at radius 1 is 1.36 bits per heavy atom. The number of carbonyl (C=O) groups excluding carboxylic acids is 1. The Kier molecular flexibility index (Phi) is 4.03. The Bertz CT molecular complexity index is 733. The van der Waals surface area contributed by atoms with Crippen molar-refractivity contribution in [2.75, 3.05) is 6.54 Å². The smallest absolute Gasteiger partial charge is 0.217 e. The van der Waals surface area contributed by atoms with E-state index < -0.39 is 0 Å². The number of halogens is 2. The van der Waals surface area contributed by atoms with Gasteiger partial charge in [0.25, 0.3) is 0 Å². The summed E-state index contributed by atoms with van der Waals surface area (Å²) in [6.45, 7) is 1.85. The first-order chi connectivity index (χ1) is 10.5. The third-order valence-electron chi connectivity index (χ3n) is 3.61. The summed E-state index contributed by atoms with van der Waals surface area (Å²) in [4.78, 5) is 11.0. The lowest BCUT2D eigenvalue weighted by Crippen LogP contribution is -2.32. The number of carbonyl (C=O) groups is 1. The molecular weight excluding hydrogens is 305 g/mol. The molecule has 0 aromatic heterocycles. The number of rotatable bonds is 3. The van der Waals surface area contributed by atoms with Crippen LogP contribution in [0.25, 0.3) is 11.1 Å². The maximum absolute atomic E-state index is 13.9. The van der Waals surface area contributed by atoms with Crippen molar-refractivity contribution in [2.24, 2.45) is 0 Å². The molecule has 114 valence electrons. The lowest BCUT2D eigenvalue weighted by Gasteiger charge is -2.13. The fourth-order valence-corrected chi connectivity index (χ4v) is 2.88. The van der Waals surface area contributed by atoms with Gasteiger partial charge in [-0.25, -0.2) is 4.39 Å². The average Bonchev–Trinajstić information content (AvgIpc) is 2.87. The van der Waals surface area contributed by atoms with Crippen LogP contribution in [0.4, 0.5) is 4.39 Å². The van der Waals surface area contributed by atoms with Crippen LogP contribution in [0, 0.1) is 5.82 Å². The highest BCUT2D eigenvalue weighted by Gasteiger charge is 2.27. The summed E-state index contributed by atoms with van der Waals surface area (Å²) in [5.41, 5.74) is 2.18. The van der Waals surface area contributed by atoms with Crippen LogP contribution in [0.15, 0.2) is 36.4 Å². The zero-order chi connectivity index (χ0) is 15.7. The minimum atomic E-state index is -0.322. The van der Waals surface area contributed by atoms with Gasteiger partial charge in [-0.2, -0.15) is 0 Å². The number of fused-ring (bicyclic) bond motifs is 1. The Labute approximate surface area is 133 Å². The molecule has 0 radical (unpaired) electrons. The van der Waals surface area contributed by atoms with E-state index in [9.17, 15) is 9.18 Å². The summed E-state index contributed by atoms with van der Waals surface area (Å²) in [6.07, 6.45) is 0.368. The quantitative estimate of drug-likeness (QED) is 0.939. The molecule has 0 saturated carbocycles. The second kappa shape index (κ2) is 5.97. The van der Waals surface area contributed by atoms with Crippen LogP contribution in [0.5, 0.6) is 5.75 Å². The molecule has 1 aliphatic heterocycles. The largest absolute Gasteiger partial charge is 0.487 e. The van der Waals surface area contributed by atoms with Crippen molar-refractivity contribution in [1.82, 2.24) is 5.32 Å². The number of nitrogens with one attached hydrogen (secondary N) is 1. The van der Waals surface area contributed by atoms with E-state index in [0.29, 0.717) is 29.3 Å². The van der Waals surface area contributed by atoms with Gasteiger partial charge in [0.15, 0.2) is 0 Å². The van der Waals surface area contributed by atoms with Crippen LogP contribution in [-0.4, -0.2) is 18.6 Å². The third kappa shape index (κ3) is 2.92. The molecule has 2 aromatic rings. The maximum atomic E-state index is 13.9. The van der Waals surface area contributed by atoms with E-state index in [2.05, 4.69) is 5.32 Å². The molecule has 3 nitrogen and oxygen atoms in total. The SMILES string of the molecule is CC(=O)NC[C@H]1Cc2cc(F)cc(-c3ccccc3Cl)c2O1. The van der Waals surface area contributed by atoms with Gasteiger partial charge in [0.2, 0.25) is 5.91 Å². The van der Waals surface area contributed by atoms with Crippen molar-refractivity contribution in [1.29, 1.82) is 0 Å². The molecule has 1 amide bonds. The molecule has 5 heteroatoms. The predicted octanol–water partition coefficient (Wildman–Crippen LogP) is 3.59. The summed E-state index contributed by atoms with van der Waals surface area (Å²) >= 11 is 6.22. The molecule has 22 heavy (non-hydrogen) atoms. The van der Waals surface area contributed by atoms with E-state index in [4.69, 9.17) is 16.3 Å². The summed E-state index contributed by atoms with van der Waals surface area (Å²) in [5.74, 6) is 0.208. The van der Waals surface area contributed by atoms with Gasteiger partial charge >= 0.3 is 0 Å². The minimum absolute atomic E-state index is 0.114. The zero-order valence-corrected chi connectivity index (χ0v) is 12.8. The molecular formula is C17H15ClFNO2. The highest BCUT2D eigenvalue weighted by molar-refractivity contribution is 6.33. The van der Waals surface area contributed by atoms with Gasteiger partial charge in [-0.3, -0.25) is 4.79 Å². The monoisotopic (exact) mass is 319 g/mol. The highest BCUT2D eigenvalue weighted by Crippen LogP contribution is 2.41. The van der Waals surface area contributed by atoms with Crippen LogP contribution < -0.4 is 10.1 Å². The number of hydrogen-bond acceptors (Lipinski definition) is 2. The highest BCUT2D eigenvalue weighted by atomic mass is 35.5. The van der Waals surface area contributed by atoms with E-state index >= 15 is 0 Å². The number of amides is 1. The van der Waals surface area contributed by atoms with Gasteiger partial charge < -0.3 is 10.1 Å². The third-order valence-corrected chi connectivity index (χ3v) is 3.94. The first-order valence-electron chi connectivity index (χ1n) is 7.03. The minimum Gasteiger partial charge on any atom is -0.487 e. The maximum Gasteiger partial charge on any atom is 0.217 e. The Morgan fingerprint density at radius 3 is 2.86 bits per heavy atom. The Hall–Kier alpha value is -2.07. The molecule has 0 saturated heterocycles. The van der Waals surface area contributed by atoms with Gasteiger partial charge in [-0.15, -0.1) is 0 Å². The molecule has 1 heterocycles. The van der Waals surface area contributed by atoms with Crippen LogP contribution in [-0.2, 0) is 11.2 Å². The van der Waals surface area contributed by atoms with Crippen molar-refractivity contribution >= 4 is 17.5 Å². The molecule has 2 aromatic carbocycles. The van der Waals surface area contributed by atoms with Gasteiger partial charge in [0, 0.05) is 35.1 Å². The molecule has 0 aliphatic carbocycles. The molecule has 0 fully saturated rings. The standard InChI is InChI=1S/C17H15ClFNO2/c1-10(21)20-9-13-7-11-6-12(19)8-15(17(11)22-13)14-4-2-3-5-16(14)18/h2-6,8,13H,7,9H2,1H3,(H,20,21)/t13-/m1/s1. The van der Waals surface area contributed by atoms with Crippen LogP contribution in [0.1, 0.15) is 12.5 Å². The molecule has 1 atom stereocenters. The Morgan fingerprint density at radius 2 is 2.14 bits per heavy atom. The molecule has 1 aliphatic rings. The molecule has 0 bridgehead atoms. The fraction of sp³-hybridized carbons (Fsp3) is 0.235. The van der Waals surface area contributed by atoms with E-state index in [1.54, 1.807) is 6.07 Å². The summed E-state index contributed by atoms with van der Waals surface area (Å²) in [7, 11) is 0. The summed E-state index contributed by atoms with van der Waals surface area (Å²) in [6, 6.07) is 10.2. The van der Waals surface area contributed by atoms with E-state index in [-0.39, 0.29) is 17.8 Å². The van der Waals surface area contributed by atoms with Crippen molar-refractivity contribution in [3.63, 3.8) is 0 Å². The second-order valence-electron chi connectivity index (χ2n) is 5.30. The van der Waals surface area contributed by atoms with Gasteiger partial charge in [0.1, 0.15) is 17.7 Å². The zero-order valence-electron chi connectivity index (χ0n) is 12.0. The first kappa shape index (κ1) is 14.9. The van der Waals surface area contributed by atoms with Gasteiger partial charge in [-0.05, 0) is 18.2 Å². The lowest BCUT2D eigenvalue weighted by molar-refractivity contribution is -0.119. The van der Waals surface area contributed by atoms with E-state index in [1.807, 2.05) is 18.2 Å². The summed E-state index contributed by atoms with van der Waals surface area (Å²) in [5, 5.41) is 3.27. The molecule has 3 rings (SSSR count). The molecule has 1 N–H and O–H groups in total. The number of benzene rings is 2.